The van der Waals surface area contributed by atoms with Crippen molar-refractivity contribution in [3.8, 4) is 0 Å². The van der Waals surface area contributed by atoms with Crippen LogP contribution in [0.25, 0.3) is 0 Å². The SMILES string of the molecule is CC(C)(C)OC(=O)[C@H](CN)NS(=O)(=O)c1ccccc1. The fourth-order valence-corrected chi connectivity index (χ4v) is 2.64. The maximum atomic E-state index is 12.1. The number of hydrogen-bond donors (Lipinski definition) is 2. The van der Waals surface area contributed by atoms with Crippen molar-refractivity contribution < 1.29 is 17.9 Å². The van der Waals surface area contributed by atoms with Crippen molar-refractivity contribution >= 4 is 16.0 Å². The van der Waals surface area contributed by atoms with Crippen molar-refractivity contribution in [2.45, 2.75) is 37.3 Å². The first-order valence-electron chi connectivity index (χ1n) is 6.16. The largest absolute Gasteiger partial charge is 0.459 e. The summed E-state index contributed by atoms with van der Waals surface area (Å²) in [5.74, 6) is -0.695. The van der Waals surface area contributed by atoms with Crippen LogP contribution in [0.4, 0.5) is 0 Å². The van der Waals surface area contributed by atoms with Gasteiger partial charge in [-0.05, 0) is 32.9 Å². The number of benzene rings is 1. The molecule has 0 spiro atoms. The molecule has 6 nitrogen and oxygen atoms in total. The lowest BCUT2D eigenvalue weighted by Crippen LogP contribution is -2.48. The number of sulfonamides is 1. The van der Waals surface area contributed by atoms with Crippen molar-refractivity contribution in [3.63, 3.8) is 0 Å². The molecule has 0 aliphatic rings. The molecule has 0 aliphatic heterocycles. The molecule has 0 unspecified atom stereocenters. The van der Waals surface area contributed by atoms with Gasteiger partial charge in [0.2, 0.25) is 10.0 Å². The van der Waals surface area contributed by atoms with Gasteiger partial charge in [-0.25, -0.2) is 8.42 Å². The Labute approximate surface area is 119 Å². The Balaban J connectivity index is 2.86. The van der Waals surface area contributed by atoms with E-state index in [9.17, 15) is 13.2 Å². The topological polar surface area (TPSA) is 98.5 Å². The molecule has 7 heteroatoms. The summed E-state index contributed by atoms with van der Waals surface area (Å²) in [4.78, 5) is 11.9. The minimum Gasteiger partial charge on any atom is -0.459 e. The minimum absolute atomic E-state index is 0.0713. The Kier molecular flexibility index (Phi) is 5.27. The molecule has 3 N–H and O–H groups in total. The van der Waals surface area contributed by atoms with Crippen LogP contribution in [0.15, 0.2) is 35.2 Å². The van der Waals surface area contributed by atoms with E-state index in [4.69, 9.17) is 10.5 Å². The first-order chi connectivity index (χ1) is 9.15. The number of rotatable bonds is 5. The third-order valence-electron chi connectivity index (χ3n) is 2.28. The molecular weight excluding hydrogens is 280 g/mol. The number of nitrogens with one attached hydrogen (secondary N) is 1. The van der Waals surface area contributed by atoms with E-state index in [0.717, 1.165) is 0 Å². The molecule has 20 heavy (non-hydrogen) atoms. The molecule has 1 atom stereocenters. The predicted octanol–water partition coefficient (Wildman–Crippen LogP) is 0.634. The Morgan fingerprint density at radius 1 is 1.30 bits per heavy atom. The molecule has 0 bridgehead atoms. The molecule has 1 aromatic rings. The van der Waals surface area contributed by atoms with Crippen LogP contribution < -0.4 is 10.5 Å². The normalized spacial score (nSPS) is 13.8. The monoisotopic (exact) mass is 300 g/mol. The zero-order chi connectivity index (χ0) is 15.4. The van der Waals surface area contributed by atoms with E-state index in [1.165, 1.54) is 12.1 Å². The van der Waals surface area contributed by atoms with Crippen LogP contribution in [-0.4, -0.2) is 32.6 Å². The maximum Gasteiger partial charge on any atom is 0.326 e. The van der Waals surface area contributed by atoms with E-state index < -0.39 is 27.6 Å². The van der Waals surface area contributed by atoms with Crippen molar-refractivity contribution in [1.29, 1.82) is 0 Å². The molecule has 0 radical (unpaired) electrons. The van der Waals surface area contributed by atoms with Crippen LogP contribution >= 0.6 is 0 Å². The second kappa shape index (κ2) is 6.34. The van der Waals surface area contributed by atoms with Crippen LogP contribution in [0.5, 0.6) is 0 Å². The summed E-state index contributed by atoms with van der Waals surface area (Å²) in [5.41, 5.74) is 4.74. The van der Waals surface area contributed by atoms with Gasteiger partial charge in [-0.1, -0.05) is 18.2 Å². The number of carbonyl (C=O) groups excluding carboxylic acids is 1. The Bertz CT molecular complexity index is 549. The van der Waals surface area contributed by atoms with Gasteiger partial charge in [0.1, 0.15) is 11.6 Å². The van der Waals surface area contributed by atoms with Crippen molar-refractivity contribution in [2.24, 2.45) is 5.73 Å². The molecule has 0 amide bonds. The number of ether oxygens (including phenoxy) is 1. The average molecular weight is 300 g/mol. The van der Waals surface area contributed by atoms with Crippen LogP contribution in [0.2, 0.25) is 0 Å². The summed E-state index contributed by atoms with van der Waals surface area (Å²) < 4.78 is 31.6. The van der Waals surface area contributed by atoms with E-state index in [1.807, 2.05) is 0 Å². The van der Waals surface area contributed by atoms with E-state index in [2.05, 4.69) is 4.72 Å². The number of carbonyl (C=O) groups is 1. The van der Waals surface area contributed by atoms with Gasteiger partial charge in [-0.2, -0.15) is 4.72 Å². The fraction of sp³-hybridized carbons (Fsp3) is 0.462. The molecule has 0 aromatic heterocycles. The van der Waals surface area contributed by atoms with Crippen molar-refractivity contribution in [2.75, 3.05) is 6.54 Å². The fourth-order valence-electron chi connectivity index (χ4n) is 1.42. The Morgan fingerprint density at radius 3 is 2.30 bits per heavy atom. The number of esters is 1. The minimum atomic E-state index is -3.80. The second-order valence-corrected chi connectivity index (χ2v) is 6.97. The molecule has 0 heterocycles. The Morgan fingerprint density at radius 2 is 1.85 bits per heavy atom. The first kappa shape index (κ1) is 16.6. The summed E-state index contributed by atoms with van der Waals surface area (Å²) in [6.45, 7) is 4.92. The highest BCUT2D eigenvalue weighted by Gasteiger charge is 2.28. The number of nitrogens with two attached hydrogens (primary N) is 1. The van der Waals surface area contributed by atoms with E-state index in [0.29, 0.717) is 0 Å². The maximum absolute atomic E-state index is 12.1. The smallest absolute Gasteiger partial charge is 0.326 e. The van der Waals surface area contributed by atoms with E-state index in [-0.39, 0.29) is 11.4 Å². The standard InChI is InChI=1S/C13H20N2O4S/c1-13(2,3)19-12(16)11(9-14)15-20(17,18)10-7-5-4-6-8-10/h4-8,11,15H,9,14H2,1-3H3/t11-/m0/s1. The first-order valence-corrected chi connectivity index (χ1v) is 7.64. The van der Waals surface area contributed by atoms with Crippen LogP contribution in [-0.2, 0) is 19.6 Å². The highest BCUT2D eigenvalue weighted by molar-refractivity contribution is 7.89. The zero-order valence-corrected chi connectivity index (χ0v) is 12.6. The predicted molar refractivity (Wildman–Crippen MR) is 75.5 cm³/mol. The van der Waals surface area contributed by atoms with Crippen molar-refractivity contribution in [1.82, 2.24) is 4.72 Å². The van der Waals surface area contributed by atoms with Gasteiger partial charge in [0.15, 0.2) is 0 Å². The molecular formula is C13H20N2O4S. The second-order valence-electron chi connectivity index (χ2n) is 5.26. The van der Waals surface area contributed by atoms with Crippen LogP contribution in [0, 0.1) is 0 Å². The zero-order valence-electron chi connectivity index (χ0n) is 11.8. The summed E-state index contributed by atoms with van der Waals surface area (Å²) in [5, 5.41) is 0. The summed E-state index contributed by atoms with van der Waals surface area (Å²) in [6, 6.07) is 6.65. The lowest BCUT2D eigenvalue weighted by atomic mass is 10.2. The van der Waals surface area contributed by atoms with Gasteiger partial charge in [0.05, 0.1) is 4.90 Å². The van der Waals surface area contributed by atoms with Gasteiger partial charge in [-0.3, -0.25) is 4.79 Å². The van der Waals surface area contributed by atoms with Crippen molar-refractivity contribution in [3.05, 3.63) is 30.3 Å². The Hall–Kier alpha value is -1.44. The van der Waals surface area contributed by atoms with Crippen LogP contribution in [0.3, 0.4) is 0 Å². The average Bonchev–Trinajstić information content (AvgIpc) is 2.35. The van der Waals surface area contributed by atoms with E-state index in [1.54, 1.807) is 39.0 Å². The van der Waals surface area contributed by atoms with E-state index >= 15 is 0 Å². The number of hydrogen-bond acceptors (Lipinski definition) is 5. The lowest BCUT2D eigenvalue weighted by Gasteiger charge is -2.23. The van der Waals surface area contributed by atoms with Gasteiger partial charge < -0.3 is 10.5 Å². The molecule has 1 aromatic carbocycles. The summed E-state index contributed by atoms with van der Waals surface area (Å²) in [6.07, 6.45) is 0. The molecule has 112 valence electrons. The highest BCUT2D eigenvalue weighted by atomic mass is 32.2. The van der Waals surface area contributed by atoms with Gasteiger partial charge in [0, 0.05) is 6.54 Å². The van der Waals surface area contributed by atoms with Crippen LogP contribution in [0.1, 0.15) is 20.8 Å². The highest BCUT2D eigenvalue weighted by Crippen LogP contribution is 2.11. The third-order valence-corrected chi connectivity index (χ3v) is 3.77. The van der Waals surface area contributed by atoms with Gasteiger partial charge in [-0.15, -0.1) is 0 Å². The molecule has 0 aliphatic carbocycles. The molecule has 0 saturated heterocycles. The quantitative estimate of drug-likeness (QED) is 0.777. The summed E-state index contributed by atoms with van der Waals surface area (Å²) >= 11 is 0. The molecule has 1 rings (SSSR count). The lowest BCUT2D eigenvalue weighted by molar-refractivity contribution is -0.156. The van der Waals surface area contributed by atoms with Gasteiger partial charge in [0.25, 0.3) is 0 Å². The van der Waals surface area contributed by atoms with Gasteiger partial charge >= 0.3 is 5.97 Å². The summed E-state index contributed by atoms with van der Waals surface area (Å²) in [7, 11) is -3.80. The molecule has 0 saturated carbocycles. The molecule has 0 fully saturated rings. The third kappa shape index (κ3) is 4.92.